The van der Waals surface area contributed by atoms with E-state index in [1.165, 1.54) is 0 Å². The van der Waals surface area contributed by atoms with Crippen LogP contribution >= 0.6 is 0 Å². The van der Waals surface area contributed by atoms with Crippen LogP contribution in [0.3, 0.4) is 0 Å². The number of aliphatic hydroxyl groups excluding tert-OH is 1. The first-order chi connectivity index (χ1) is 10.9. The molecule has 0 spiro atoms. The van der Waals surface area contributed by atoms with Gasteiger partial charge in [0.25, 0.3) is 0 Å². The van der Waals surface area contributed by atoms with Crippen molar-refractivity contribution >= 4 is 11.9 Å². The quantitative estimate of drug-likeness (QED) is 0.587. The Bertz CT molecular complexity index is 582. The number of hydrogen-bond acceptors (Lipinski definition) is 5. The normalized spacial score (nSPS) is 20.2. The number of aliphatic carboxylic acids is 2. The molecule has 1 aromatic carbocycles. The first kappa shape index (κ1) is 17.4. The number of carbonyl (C=O) groups is 2. The number of aryl methyl sites for hydroxylation is 1. The highest BCUT2D eigenvalue weighted by molar-refractivity contribution is 5.83. The Balaban J connectivity index is 2.09. The molecule has 7 heteroatoms. The first-order valence-corrected chi connectivity index (χ1v) is 7.47. The fourth-order valence-corrected chi connectivity index (χ4v) is 2.76. The van der Waals surface area contributed by atoms with Crippen LogP contribution in [0.5, 0.6) is 0 Å². The molecule has 1 fully saturated rings. The van der Waals surface area contributed by atoms with E-state index < -0.39 is 24.1 Å². The Labute approximate surface area is 133 Å². The van der Waals surface area contributed by atoms with Gasteiger partial charge in [0.1, 0.15) is 0 Å². The molecule has 1 aliphatic rings. The molecule has 3 atom stereocenters. The zero-order chi connectivity index (χ0) is 17.0. The zero-order valence-corrected chi connectivity index (χ0v) is 12.9. The molecule has 126 valence electrons. The predicted octanol–water partition coefficient (Wildman–Crippen LogP) is 0.835. The highest BCUT2D eigenvalue weighted by Gasteiger charge is 2.33. The lowest BCUT2D eigenvalue weighted by molar-refractivity contribution is -0.172. The molecule has 0 radical (unpaired) electrons. The van der Waals surface area contributed by atoms with Gasteiger partial charge in [-0.3, -0.25) is 0 Å². The first-order valence-electron chi connectivity index (χ1n) is 7.47. The van der Waals surface area contributed by atoms with E-state index in [0.29, 0.717) is 0 Å². The minimum absolute atomic E-state index is 0.0806. The summed E-state index contributed by atoms with van der Waals surface area (Å²) in [6.45, 7) is 2.82. The number of rotatable bonds is 7. The van der Waals surface area contributed by atoms with Crippen molar-refractivity contribution in [2.24, 2.45) is 0 Å². The van der Waals surface area contributed by atoms with E-state index in [-0.39, 0.29) is 12.6 Å². The Kier molecular flexibility index (Phi) is 5.70. The van der Waals surface area contributed by atoms with E-state index in [1.54, 1.807) is 0 Å². The molecule has 0 aliphatic carbocycles. The van der Waals surface area contributed by atoms with Crippen molar-refractivity contribution in [2.75, 3.05) is 6.54 Å². The van der Waals surface area contributed by atoms with Crippen LogP contribution in [0.15, 0.2) is 18.2 Å². The highest BCUT2D eigenvalue weighted by Crippen LogP contribution is 2.25. The lowest BCUT2D eigenvalue weighted by Crippen LogP contribution is -2.41. The molecule has 0 saturated carbocycles. The molecule has 1 aliphatic heterocycles. The van der Waals surface area contributed by atoms with Crippen molar-refractivity contribution in [1.82, 2.24) is 5.32 Å². The molecule has 1 aromatic rings. The van der Waals surface area contributed by atoms with Gasteiger partial charge in [0.2, 0.25) is 0 Å². The molecule has 1 heterocycles. The number of benzene rings is 1. The predicted molar refractivity (Wildman–Crippen MR) is 81.0 cm³/mol. The third-order valence-electron chi connectivity index (χ3n) is 3.83. The maximum absolute atomic E-state index is 11.1. The third-order valence-corrected chi connectivity index (χ3v) is 3.83. The van der Waals surface area contributed by atoms with Crippen LogP contribution in [0.2, 0.25) is 0 Å². The van der Waals surface area contributed by atoms with Crippen LogP contribution in [-0.4, -0.2) is 46.0 Å². The second kappa shape index (κ2) is 7.54. The van der Waals surface area contributed by atoms with Gasteiger partial charge in [0, 0.05) is 6.04 Å². The van der Waals surface area contributed by atoms with Crippen molar-refractivity contribution in [3.63, 3.8) is 0 Å². The minimum atomic E-state index is -2.10. The standard InChI is InChI=1S/C16H21NO6/c1-9-5-10(7-11(6-9)12-3-2-4-17-12)8-23-14(16(21)22)13(18)15(19)20/h5-7,12-14,17-18H,2-4,8H2,1H3,(H,19,20)(H,21,22)/t12-,13-,14-/m0/s1. The monoisotopic (exact) mass is 323 g/mol. The summed E-state index contributed by atoms with van der Waals surface area (Å²) >= 11 is 0. The Morgan fingerprint density at radius 2 is 2.04 bits per heavy atom. The number of carboxylic acid groups (broad SMARTS) is 2. The van der Waals surface area contributed by atoms with Gasteiger partial charge in [0.15, 0.2) is 12.2 Å². The van der Waals surface area contributed by atoms with Crippen LogP contribution in [0.25, 0.3) is 0 Å². The van der Waals surface area contributed by atoms with E-state index in [4.69, 9.17) is 14.9 Å². The smallest absolute Gasteiger partial charge is 0.336 e. The maximum Gasteiger partial charge on any atom is 0.336 e. The number of hydrogen-bond donors (Lipinski definition) is 4. The molecule has 1 saturated heterocycles. The summed E-state index contributed by atoms with van der Waals surface area (Å²) in [5, 5.41) is 30.5. The van der Waals surface area contributed by atoms with Gasteiger partial charge in [0.05, 0.1) is 6.61 Å². The number of carboxylic acids is 2. The summed E-state index contributed by atoms with van der Waals surface area (Å²) in [4.78, 5) is 21.8. The van der Waals surface area contributed by atoms with Gasteiger partial charge >= 0.3 is 11.9 Å². The average Bonchev–Trinajstić information content (AvgIpc) is 3.00. The van der Waals surface area contributed by atoms with Crippen LogP contribution in [0.4, 0.5) is 0 Å². The largest absolute Gasteiger partial charge is 0.479 e. The lowest BCUT2D eigenvalue weighted by atomic mass is 10.00. The van der Waals surface area contributed by atoms with Crippen molar-refractivity contribution < 1.29 is 29.6 Å². The van der Waals surface area contributed by atoms with Crippen molar-refractivity contribution in [1.29, 1.82) is 0 Å². The second-order valence-corrected chi connectivity index (χ2v) is 5.75. The Morgan fingerprint density at radius 1 is 1.30 bits per heavy atom. The SMILES string of the molecule is Cc1cc(CO[C@H](C(=O)O)[C@H](O)C(=O)O)cc([C@@H]2CCCN2)c1. The third kappa shape index (κ3) is 4.51. The lowest BCUT2D eigenvalue weighted by Gasteiger charge is -2.18. The van der Waals surface area contributed by atoms with E-state index in [2.05, 4.69) is 11.4 Å². The molecule has 4 N–H and O–H groups in total. The van der Waals surface area contributed by atoms with Crippen molar-refractivity contribution in [3.05, 3.63) is 34.9 Å². The maximum atomic E-state index is 11.1. The number of nitrogens with one attached hydrogen (secondary N) is 1. The summed E-state index contributed by atoms with van der Waals surface area (Å²) in [6, 6.07) is 6.10. The fourth-order valence-electron chi connectivity index (χ4n) is 2.76. The van der Waals surface area contributed by atoms with Crippen LogP contribution in [-0.2, 0) is 20.9 Å². The van der Waals surface area contributed by atoms with E-state index >= 15 is 0 Å². The summed E-state index contributed by atoms with van der Waals surface area (Å²) in [5.41, 5.74) is 2.87. The summed E-state index contributed by atoms with van der Waals surface area (Å²) in [7, 11) is 0. The van der Waals surface area contributed by atoms with E-state index in [0.717, 1.165) is 36.1 Å². The van der Waals surface area contributed by atoms with E-state index in [1.807, 2.05) is 19.1 Å². The minimum Gasteiger partial charge on any atom is -0.479 e. The molecular formula is C16H21NO6. The topological polar surface area (TPSA) is 116 Å². The van der Waals surface area contributed by atoms with Crippen molar-refractivity contribution in [3.8, 4) is 0 Å². The molecular weight excluding hydrogens is 302 g/mol. The fraction of sp³-hybridized carbons (Fsp3) is 0.500. The summed E-state index contributed by atoms with van der Waals surface area (Å²) < 4.78 is 5.13. The van der Waals surface area contributed by atoms with Gasteiger partial charge in [-0.1, -0.05) is 23.8 Å². The molecule has 0 bridgehead atoms. The Morgan fingerprint density at radius 3 is 2.61 bits per heavy atom. The molecule has 0 unspecified atom stereocenters. The van der Waals surface area contributed by atoms with Crippen LogP contribution < -0.4 is 5.32 Å². The molecule has 2 rings (SSSR count). The van der Waals surface area contributed by atoms with Gasteiger partial charge in [-0.25, -0.2) is 9.59 Å². The second-order valence-electron chi connectivity index (χ2n) is 5.75. The van der Waals surface area contributed by atoms with Crippen LogP contribution in [0.1, 0.15) is 35.6 Å². The van der Waals surface area contributed by atoms with Gasteiger partial charge in [-0.15, -0.1) is 0 Å². The molecule has 23 heavy (non-hydrogen) atoms. The number of ether oxygens (including phenoxy) is 1. The average molecular weight is 323 g/mol. The molecule has 7 nitrogen and oxygen atoms in total. The van der Waals surface area contributed by atoms with E-state index in [9.17, 15) is 14.7 Å². The van der Waals surface area contributed by atoms with Crippen molar-refractivity contribution in [2.45, 2.75) is 44.6 Å². The van der Waals surface area contributed by atoms with Gasteiger partial charge < -0.3 is 25.4 Å². The van der Waals surface area contributed by atoms with Gasteiger partial charge in [-0.2, -0.15) is 0 Å². The Hall–Kier alpha value is -1.96. The summed E-state index contributed by atoms with van der Waals surface area (Å²) in [5.74, 6) is -3.14. The molecule has 0 aromatic heterocycles. The van der Waals surface area contributed by atoms with Gasteiger partial charge in [-0.05, 0) is 37.4 Å². The molecule has 0 amide bonds. The van der Waals surface area contributed by atoms with Crippen LogP contribution in [0, 0.1) is 6.92 Å². The highest BCUT2D eigenvalue weighted by atomic mass is 16.5. The summed E-state index contributed by atoms with van der Waals surface area (Å²) in [6.07, 6.45) is -1.76. The zero-order valence-electron chi connectivity index (χ0n) is 12.9. The number of aliphatic hydroxyl groups is 1.